The van der Waals surface area contributed by atoms with Gasteiger partial charge in [0.15, 0.2) is 0 Å². The van der Waals surface area contributed by atoms with Gasteiger partial charge in [0.25, 0.3) is 0 Å². The molecule has 5 rings (SSSR count). The van der Waals surface area contributed by atoms with Gasteiger partial charge < -0.3 is 10.1 Å². The summed E-state index contributed by atoms with van der Waals surface area (Å²) < 4.78 is 8.27. The van der Waals surface area contributed by atoms with Crippen molar-refractivity contribution in [2.75, 3.05) is 11.9 Å². The van der Waals surface area contributed by atoms with Crippen LogP contribution < -0.4 is 5.32 Å². The number of benzene rings is 2. The topological polar surface area (TPSA) is 51.4 Å². The summed E-state index contributed by atoms with van der Waals surface area (Å²) in [5, 5.41) is 8.37. The lowest BCUT2D eigenvalue weighted by molar-refractivity contribution is 0.263. The standard InChI is InChI=1S/C24H24N4O/c1-24(2)15-20(17-9-5-3-6-10-17)27-22-19(16-26-28(22)24)23-25-14-13-21(29-23)18-11-7-4-8-12-18/h3-13,16,20,27H,14-15H2,1-2H3. The highest BCUT2D eigenvalue weighted by Crippen LogP contribution is 2.40. The second-order valence-corrected chi connectivity index (χ2v) is 8.13. The van der Waals surface area contributed by atoms with E-state index in [1.54, 1.807) is 0 Å². The average Bonchev–Trinajstić information content (AvgIpc) is 3.20. The summed E-state index contributed by atoms with van der Waals surface area (Å²) in [6.45, 7) is 5.04. The van der Waals surface area contributed by atoms with Gasteiger partial charge in [-0.15, -0.1) is 0 Å². The van der Waals surface area contributed by atoms with Crippen molar-refractivity contribution in [2.45, 2.75) is 31.8 Å². The molecule has 0 spiro atoms. The van der Waals surface area contributed by atoms with Gasteiger partial charge in [-0.1, -0.05) is 60.7 Å². The van der Waals surface area contributed by atoms with E-state index in [4.69, 9.17) is 4.74 Å². The third-order valence-corrected chi connectivity index (χ3v) is 5.57. The number of nitrogens with zero attached hydrogens (tertiary/aromatic N) is 3. The predicted octanol–water partition coefficient (Wildman–Crippen LogP) is 4.99. The van der Waals surface area contributed by atoms with Crippen LogP contribution in [0.25, 0.3) is 5.76 Å². The first-order valence-electron chi connectivity index (χ1n) is 10.00. The SMILES string of the molecule is CC1(C)CC(c2ccccc2)Nc2c(C3=NCC=C(c4ccccc4)O3)cnn21. The quantitative estimate of drug-likeness (QED) is 0.692. The number of aliphatic imine (C=N–C) groups is 1. The Morgan fingerprint density at radius 1 is 1.03 bits per heavy atom. The van der Waals surface area contributed by atoms with E-state index in [2.05, 4.69) is 76.4 Å². The molecule has 0 bridgehead atoms. The monoisotopic (exact) mass is 384 g/mol. The summed E-state index contributed by atoms with van der Waals surface area (Å²) in [6.07, 6.45) is 4.83. The van der Waals surface area contributed by atoms with Crippen LogP contribution in [0.5, 0.6) is 0 Å². The summed E-state index contributed by atoms with van der Waals surface area (Å²) in [7, 11) is 0. The molecule has 0 fully saturated rings. The maximum atomic E-state index is 6.21. The Hall–Kier alpha value is -3.34. The maximum absolute atomic E-state index is 6.21. The first kappa shape index (κ1) is 17.7. The molecule has 1 aromatic heterocycles. The third kappa shape index (κ3) is 3.23. The van der Waals surface area contributed by atoms with Crippen LogP contribution in [0.3, 0.4) is 0 Å². The van der Waals surface area contributed by atoms with E-state index in [0.717, 1.165) is 29.1 Å². The van der Waals surface area contributed by atoms with Crippen molar-refractivity contribution >= 4 is 17.5 Å². The van der Waals surface area contributed by atoms with Crippen LogP contribution in [-0.4, -0.2) is 22.2 Å². The van der Waals surface area contributed by atoms with Gasteiger partial charge in [-0.05, 0) is 31.9 Å². The Kier molecular flexibility index (Phi) is 4.23. The van der Waals surface area contributed by atoms with Crippen molar-refractivity contribution in [2.24, 2.45) is 4.99 Å². The highest BCUT2D eigenvalue weighted by Gasteiger charge is 2.36. The molecule has 29 heavy (non-hydrogen) atoms. The van der Waals surface area contributed by atoms with Crippen LogP contribution in [0.1, 0.15) is 43.0 Å². The summed E-state index contributed by atoms with van der Waals surface area (Å²) in [4.78, 5) is 4.63. The molecule has 2 aromatic carbocycles. The molecule has 2 aliphatic heterocycles. The normalized spacial score (nSPS) is 20.0. The number of hydrogen-bond acceptors (Lipinski definition) is 4. The summed E-state index contributed by atoms with van der Waals surface area (Å²) in [6, 6.07) is 20.9. The van der Waals surface area contributed by atoms with Gasteiger partial charge >= 0.3 is 0 Å². The molecule has 0 aliphatic carbocycles. The van der Waals surface area contributed by atoms with Gasteiger partial charge in [0.05, 0.1) is 29.9 Å². The zero-order valence-corrected chi connectivity index (χ0v) is 16.7. The Morgan fingerprint density at radius 2 is 1.76 bits per heavy atom. The summed E-state index contributed by atoms with van der Waals surface area (Å²) >= 11 is 0. The number of hydrogen-bond donors (Lipinski definition) is 1. The van der Waals surface area contributed by atoms with E-state index in [9.17, 15) is 0 Å². The molecule has 146 valence electrons. The van der Waals surface area contributed by atoms with E-state index >= 15 is 0 Å². The van der Waals surface area contributed by atoms with E-state index in [0.29, 0.717) is 12.4 Å². The number of ether oxygens (including phenoxy) is 1. The van der Waals surface area contributed by atoms with Gasteiger partial charge in [-0.3, -0.25) is 0 Å². The fraction of sp³-hybridized carbons (Fsp3) is 0.250. The molecule has 3 heterocycles. The number of anilines is 1. The van der Waals surface area contributed by atoms with Crippen molar-refractivity contribution in [3.63, 3.8) is 0 Å². The molecule has 0 amide bonds. The van der Waals surface area contributed by atoms with Crippen LogP contribution in [0.2, 0.25) is 0 Å². The number of rotatable bonds is 3. The van der Waals surface area contributed by atoms with Gasteiger partial charge in [-0.2, -0.15) is 5.10 Å². The number of aromatic nitrogens is 2. The van der Waals surface area contributed by atoms with E-state index in [1.807, 2.05) is 30.5 Å². The molecular formula is C24H24N4O. The Morgan fingerprint density at radius 3 is 2.52 bits per heavy atom. The molecule has 5 nitrogen and oxygen atoms in total. The molecular weight excluding hydrogens is 360 g/mol. The molecule has 2 aliphatic rings. The van der Waals surface area contributed by atoms with Crippen molar-refractivity contribution in [1.29, 1.82) is 0 Å². The van der Waals surface area contributed by atoms with E-state index < -0.39 is 0 Å². The van der Waals surface area contributed by atoms with Gasteiger partial charge in [-0.25, -0.2) is 9.67 Å². The minimum atomic E-state index is -0.118. The van der Waals surface area contributed by atoms with Crippen LogP contribution in [-0.2, 0) is 10.3 Å². The minimum absolute atomic E-state index is 0.118. The lowest BCUT2D eigenvalue weighted by atomic mass is 9.89. The van der Waals surface area contributed by atoms with Gasteiger partial charge in [0.2, 0.25) is 5.90 Å². The highest BCUT2D eigenvalue weighted by molar-refractivity contribution is 6.02. The molecule has 0 saturated carbocycles. The molecule has 0 radical (unpaired) electrons. The van der Waals surface area contributed by atoms with Crippen LogP contribution in [0, 0.1) is 0 Å². The average molecular weight is 384 g/mol. The minimum Gasteiger partial charge on any atom is -0.438 e. The smallest absolute Gasteiger partial charge is 0.227 e. The lowest BCUT2D eigenvalue weighted by Crippen LogP contribution is -2.38. The van der Waals surface area contributed by atoms with E-state index in [-0.39, 0.29) is 11.6 Å². The maximum Gasteiger partial charge on any atom is 0.227 e. The highest BCUT2D eigenvalue weighted by atomic mass is 16.5. The first-order chi connectivity index (χ1) is 14.1. The van der Waals surface area contributed by atoms with Crippen molar-refractivity contribution < 1.29 is 4.74 Å². The second-order valence-electron chi connectivity index (χ2n) is 8.13. The second kappa shape index (κ2) is 6.92. The molecule has 1 unspecified atom stereocenters. The zero-order valence-electron chi connectivity index (χ0n) is 16.7. The molecule has 3 aromatic rings. The molecule has 5 heteroatoms. The number of nitrogens with one attached hydrogen (secondary N) is 1. The fourth-order valence-corrected chi connectivity index (χ4v) is 4.10. The van der Waals surface area contributed by atoms with Crippen molar-refractivity contribution in [3.05, 3.63) is 89.6 Å². The molecule has 1 N–H and O–H groups in total. The Labute approximate surface area is 170 Å². The largest absolute Gasteiger partial charge is 0.438 e. The van der Waals surface area contributed by atoms with Crippen molar-refractivity contribution in [1.82, 2.24) is 9.78 Å². The predicted molar refractivity (Wildman–Crippen MR) is 116 cm³/mol. The number of fused-ring (bicyclic) bond motifs is 1. The van der Waals surface area contributed by atoms with Crippen LogP contribution in [0.15, 0.2) is 77.9 Å². The first-order valence-corrected chi connectivity index (χ1v) is 10.00. The van der Waals surface area contributed by atoms with E-state index in [1.165, 1.54) is 5.56 Å². The summed E-state index contributed by atoms with van der Waals surface area (Å²) in [5.74, 6) is 2.41. The zero-order chi connectivity index (χ0) is 19.8. The van der Waals surface area contributed by atoms with Crippen LogP contribution >= 0.6 is 0 Å². The Balaban J connectivity index is 1.48. The molecule has 1 atom stereocenters. The third-order valence-electron chi connectivity index (χ3n) is 5.57. The van der Waals surface area contributed by atoms with Crippen LogP contribution in [0.4, 0.5) is 5.82 Å². The Bertz CT molecular complexity index is 1080. The van der Waals surface area contributed by atoms with Gasteiger partial charge in [0, 0.05) is 5.56 Å². The van der Waals surface area contributed by atoms with Gasteiger partial charge in [0.1, 0.15) is 11.6 Å². The summed E-state index contributed by atoms with van der Waals surface area (Å²) in [5.41, 5.74) is 3.11. The lowest BCUT2D eigenvalue weighted by Gasteiger charge is -2.38. The van der Waals surface area contributed by atoms with Crippen molar-refractivity contribution in [3.8, 4) is 0 Å². The molecule has 0 saturated heterocycles. The fourth-order valence-electron chi connectivity index (χ4n) is 4.10.